The quantitative estimate of drug-likeness (QED) is 0.738. The molecule has 0 aliphatic heterocycles. The molecule has 0 aliphatic rings. The Morgan fingerprint density at radius 1 is 1.04 bits per heavy atom. The minimum absolute atomic E-state index is 0.125. The highest BCUT2D eigenvalue weighted by molar-refractivity contribution is 5.91. The van der Waals surface area contributed by atoms with Crippen molar-refractivity contribution in [3.8, 4) is 11.5 Å². The third kappa shape index (κ3) is 5.71. The molecule has 5 nitrogen and oxygen atoms in total. The second kappa shape index (κ2) is 9.57. The molecule has 0 saturated heterocycles. The van der Waals surface area contributed by atoms with Crippen LogP contribution in [0.25, 0.3) is 0 Å². The number of carbonyl (C=O) groups is 1. The number of amides is 2. The first-order valence-electron chi connectivity index (χ1n) is 8.61. The van der Waals surface area contributed by atoms with E-state index in [0.29, 0.717) is 26.3 Å². The van der Waals surface area contributed by atoms with Crippen molar-refractivity contribution in [2.24, 2.45) is 0 Å². The van der Waals surface area contributed by atoms with Crippen LogP contribution in [0.15, 0.2) is 48.5 Å². The molecule has 2 amide bonds. The van der Waals surface area contributed by atoms with Crippen molar-refractivity contribution in [2.75, 3.05) is 31.2 Å². The van der Waals surface area contributed by atoms with E-state index < -0.39 is 0 Å². The van der Waals surface area contributed by atoms with E-state index in [-0.39, 0.29) is 6.03 Å². The van der Waals surface area contributed by atoms with E-state index in [2.05, 4.69) is 5.32 Å². The van der Waals surface area contributed by atoms with E-state index in [9.17, 15) is 4.79 Å². The molecular formula is C20H26N2O3. The predicted octanol–water partition coefficient (Wildman–Crippen LogP) is 4.01. The molecule has 0 saturated carbocycles. The predicted molar refractivity (Wildman–Crippen MR) is 101 cm³/mol. The molecule has 0 atom stereocenters. The summed E-state index contributed by atoms with van der Waals surface area (Å²) in [7, 11) is 0. The number of aryl methyl sites for hydroxylation is 1. The van der Waals surface area contributed by atoms with Crippen molar-refractivity contribution >= 4 is 11.7 Å². The molecule has 25 heavy (non-hydrogen) atoms. The van der Waals surface area contributed by atoms with Crippen molar-refractivity contribution < 1.29 is 14.3 Å². The van der Waals surface area contributed by atoms with Crippen molar-refractivity contribution in [1.29, 1.82) is 0 Å². The molecule has 2 aromatic rings. The molecule has 2 rings (SSSR count). The summed E-state index contributed by atoms with van der Waals surface area (Å²) >= 11 is 0. The summed E-state index contributed by atoms with van der Waals surface area (Å²) in [6.07, 6.45) is 0. The number of nitrogens with one attached hydrogen (secondary N) is 1. The maximum absolute atomic E-state index is 12.4. The molecule has 0 fully saturated rings. The van der Waals surface area contributed by atoms with Gasteiger partial charge in [-0.25, -0.2) is 4.79 Å². The fourth-order valence-corrected chi connectivity index (χ4v) is 2.48. The Morgan fingerprint density at radius 3 is 2.44 bits per heavy atom. The van der Waals surface area contributed by atoms with Gasteiger partial charge in [0.25, 0.3) is 0 Å². The zero-order valence-electron chi connectivity index (χ0n) is 15.1. The Labute approximate surface area is 149 Å². The molecule has 1 N–H and O–H groups in total. The number of nitrogens with zero attached hydrogens (tertiary/aromatic N) is 1. The zero-order chi connectivity index (χ0) is 18.1. The van der Waals surface area contributed by atoms with Crippen LogP contribution in [-0.4, -0.2) is 32.3 Å². The summed E-state index contributed by atoms with van der Waals surface area (Å²) in [6, 6.07) is 15.3. The minimum Gasteiger partial charge on any atom is -0.494 e. The Morgan fingerprint density at radius 2 is 1.76 bits per heavy atom. The summed E-state index contributed by atoms with van der Waals surface area (Å²) in [4.78, 5) is 14.1. The lowest BCUT2D eigenvalue weighted by atomic mass is 10.2. The summed E-state index contributed by atoms with van der Waals surface area (Å²) in [5, 5.41) is 2.89. The third-order valence-corrected chi connectivity index (χ3v) is 3.64. The van der Waals surface area contributed by atoms with Crippen LogP contribution in [0.2, 0.25) is 0 Å². The molecule has 134 valence electrons. The average molecular weight is 342 g/mol. The van der Waals surface area contributed by atoms with Gasteiger partial charge in [0.05, 0.1) is 13.2 Å². The number of anilines is 1. The Kier molecular flexibility index (Phi) is 7.14. The maximum Gasteiger partial charge on any atom is 0.321 e. The first-order valence-corrected chi connectivity index (χ1v) is 8.61. The van der Waals surface area contributed by atoms with Crippen LogP contribution < -0.4 is 19.7 Å². The van der Waals surface area contributed by atoms with E-state index in [4.69, 9.17) is 9.47 Å². The second-order valence-electron chi connectivity index (χ2n) is 5.57. The summed E-state index contributed by atoms with van der Waals surface area (Å²) < 4.78 is 11.1. The fraction of sp³-hybridized carbons (Fsp3) is 0.350. The van der Waals surface area contributed by atoms with E-state index >= 15 is 0 Å². The summed E-state index contributed by atoms with van der Waals surface area (Å²) in [5.74, 6) is 1.51. The van der Waals surface area contributed by atoms with Gasteiger partial charge in [0, 0.05) is 18.3 Å². The van der Waals surface area contributed by atoms with Crippen LogP contribution >= 0.6 is 0 Å². The third-order valence-electron chi connectivity index (χ3n) is 3.64. The smallest absolute Gasteiger partial charge is 0.321 e. The molecule has 0 unspecified atom stereocenters. The number of rotatable bonds is 8. The van der Waals surface area contributed by atoms with Crippen molar-refractivity contribution in [3.05, 3.63) is 54.1 Å². The Hall–Kier alpha value is -2.69. The number of hydrogen-bond donors (Lipinski definition) is 1. The lowest BCUT2D eigenvalue weighted by molar-refractivity contribution is 0.242. The van der Waals surface area contributed by atoms with Gasteiger partial charge in [0.15, 0.2) is 0 Å². The Balaban J connectivity index is 1.82. The first-order chi connectivity index (χ1) is 12.1. The van der Waals surface area contributed by atoms with Crippen molar-refractivity contribution in [2.45, 2.75) is 20.8 Å². The van der Waals surface area contributed by atoms with Gasteiger partial charge in [-0.1, -0.05) is 18.2 Å². The van der Waals surface area contributed by atoms with Gasteiger partial charge in [0.1, 0.15) is 18.1 Å². The van der Waals surface area contributed by atoms with E-state index in [1.54, 1.807) is 4.90 Å². The maximum atomic E-state index is 12.4. The average Bonchev–Trinajstić information content (AvgIpc) is 2.60. The van der Waals surface area contributed by atoms with Gasteiger partial charge in [0.2, 0.25) is 0 Å². The van der Waals surface area contributed by atoms with Gasteiger partial charge in [-0.3, -0.25) is 4.90 Å². The van der Waals surface area contributed by atoms with Gasteiger partial charge in [-0.15, -0.1) is 0 Å². The topological polar surface area (TPSA) is 50.8 Å². The summed E-state index contributed by atoms with van der Waals surface area (Å²) in [6.45, 7) is 7.96. The van der Waals surface area contributed by atoms with Gasteiger partial charge in [-0.2, -0.15) is 0 Å². The Bertz CT molecular complexity index is 688. The van der Waals surface area contributed by atoms with Gasteiger partial charge in [-0.05, 0) is 50.6 Å². The standard InChI is InChI=1S/C20H26N2O3/c1-4-22(17-9-6-8-16(3)14-17)20(23)21-12-13-25-19-11-7-10-18(15-19)24-5-2/h6-11,14-15H,4-5,12-13H2,1-3H3,(H,21,23). The molecule has 0 spiro atoms. The zero-order valence-corrected chi connectivity index (χ0v) is 15.1. The van der Waals surface area contributed by atoms with E-state index in [1.165, 1.54) is 0 Å². The van der Waals surface area contributed by atoms with E-state index in [0.717, 1.165) is 22.7 Å². The largest absolute Gasteiger partial charge is 0.494 e. The van der Waals surface area contributed by atoms with Crippen molar-refractivity contribution in [3.63, 3.8) is 0 Å². The molecular weight excluding hydrogens is 316 g/mol. The lowest BCUT2D eigenvalue weighted by Crippen LogP contribution is -2.41. The molecule has 0 aromatic heterocycles. The normalized spacial score (nSPS) is 10.2. The minimum atomic E-state index is -0.125. The molecule has 0 radical (unpaired) electrons. The number of benzene rings is 2. The van der Waals surface area contributed by atoms with Crippen LogP contribution in [0.3, 0.4) is 0 Å². The van der Waals surface area contributed by atoms with Crippen LogP contribution in [0.1, 0.15) is 19.4 Å². The number of urea groups is 1. The van der Waals surface area contributed by atoms with Crippen LogP contribution in [0.5, 0.6) is 11.5 Å². The van der Waals surface area contributed by atoms with Crippen molar-refractivity contribution in [1.82, 2.24) is 5.32 Å². The van der Waals surface area contributed by atoms with Crippen LogP contribution in [0, 0.1) is 6.92 Å². The molecule has 0 heterocycles. The lowest BCUT2D eigenvalue weighted by Gasteiger charge is -2.22. The van der Waals surface area contributed by atoms with Crippen LogP contribution in [0.4, 0.5) is 10.5 Å². The molecule has 5 heteroatoms. The van der Waals surface area contributed by atoms with Gasteiger partial charge < -0.3 is 14.8 Å². The fourth-order valence-electron chi connectivity index (χ4n) is 2.48. The number of carbonyl (C=O) groups excluding carboxylic acids is 1. The highest BCUT2D eigenvalue weighted by Crippen LogP contribution is 2.19. The molecule has 0 aliphatic carbocycles. The molecule has 2 aromatic carbocycles. The highest BCUT2D eigenvalue weighted by atomic mass is 16.5. The number of hydrogen-bond acceptors (Lipinski definition) is 3. The van der Waals surface area contributed by atoms with Crippen LogP contribution in [-0.2, 0) is 0 Å². The van der Waals surface area contributed by atoms with E-state index in [1.807, 2.05) is 69.3 Å². The summed E-state index contributed by atoms with van der Waals surface area (Å²) in [5.41, 5.74) is 2.02. The first kappa shape index (κ1) is 18.6. The second-order valence-corrected chi connectivity index (χ2v) is 5.57. The SMILES string of the molecule is CCOc1cccc(OCCNC(=O)N(CC)c2cccc(C)c2)c1. The monoisotopic (exact) mass is 342 g/mol. The molecule has 0 bridgehead atoms. The number of ether oxygens (including phenoxy) is 2. The van der Waals surface area contributed by atoms with Gasteiger partial charge >= 0.3 is 6.03 Å². The highest BCUT2D eigenvalue weighted by Gasteiger charge is 2.13.